The van der Waals surface area contributed by atoms with Gasteiger partial charge in [-0.2, -0.15) is 0 Å². The summed E-state index contributed by atoms with van der Waals surface area (Å²) >= 11 is 1.58. The van der Waals surface area contributed by atoms with Gasteiger partial charge >= 0.3 is 0 Å². The Morgan fingerprint density at radius 1 is 0.906 bits per heavy atom. The first-order valence-corrected chi connectivity index (χ1v) is 11.3. The summed E-state index contributed by atoms with van der Waals surface area (Å²) in [4.78, 5) is 13.7. The molecule has 4 rings (SSSR count). The van der Waals surface area contributed by atoms with Crippen LogP contribution in [0.1, 0.15) is 27.7 Å². The summed E-state index contributed by atoms with van der Waals surface area (Å²) in [5.74, 6) is 1.57. The Morgan fingerprint density at radius 2 is 1.59 bits per heavy atom. The number of rotatable bonds is 7. The normalized spacial score (nSPS) is 11.5. The van der Waals surface area contributed by atoms with E-state index in [1.54, 1.807) is 17.4 Å². The van der Waals surface area contributed by atoms with Gasteiger partial charge in [0.15, 0.2) is 17.3 Å². The molecule has 0 bridgehead atoms. The topological polar surface area (TPSA) is 67.1 Å². The highest BCUT2D eigenvalue weighted by molar-refractivity contribution is 7.17. The highest BCUT2D eigenvalue weighted by atomic mass is 32.1. The van der Waals surface area contributed by atoms with Crippen molar-refractivity contribution in [2.75, 3.05) is 14.2 Å². The lowest BCUT2D eigenvalue weighted by Crippen LogP contribution is -2.14. The first-order valence-electron chi connectivity index (χ1n) is 10.4. The lowest BCUT2D eigenvalue weighted by molar-refractivity contribution is 0.210. The summed E-state index contributed by atoms with van der Waals surface area (Å²) in [5.41, 5.74) is 0.812. The first kappa shape index (κ1) is 22.0. The number of fused-ring (bicyclic) bond motifs is 2. The van der Waals surface area contributed by atoms with E-state index in [1.165, 1.54) is 14.2 Å². The highest BCUT2D eigenvalue weighted by Crippen LogP contribution is 2.46. The van der Waals surface area contributed by atoms with Crippen LogP contribution in [-0.4, -0.2) is 26.4 Å². The van der Waals surface area contributed by atoms with Crippen LogP contribution < -0.4 is 24.4 Å². The van der Waals surface area contributed by atoms with Crippen molar-refractivity contribution >= 4 is 32.4 Å². The average Bonchev–Trinajstić information content (AvgIpc) is 3.16. The Bertz CT molecular complexity index is 1330. The maximum atomic E-state index is 13.7. The molecule has 0 aliphatic rings. The molecule has 0 aliphatic carbocycles. The van der Waals surface area contributed by atoms with E-state index >= 15 is 0 Å². The minimum absolute atomic E-state index is 0.112. The summed E-state index contributed by atoms with van der Waals surface area (Å²) in [5, 5.41) is 3.22. The van der Waals surface area contributed by atoms with Crippen molar-refractivity contribution < 1.29 is 23.4 Å². The van der Waals surface area contributed by atoms with E-state index < -0.39 is 0 Å². The molecule has 0 saturated carbocycles. The molecule has 0 fully saturated rings. The van der Waals surface area contributed by atoms with Gasteiger partial charge in [0.2, 0.25) is 16.9 Å². The van der Waals surface area contributed by atoms with Crippen LogP contribution in [0.2, 0.25) is 0 Å². The molecule has 4 aromatic rings. The monoisotopic (exact) mass is 454 g/mol. The molecule has 0 spiro atoms. The zero-order valence-corrected chi connectivity index (χ0v) is 19.8. The third-order valence-electron chi connectivity index (χ3n) is 4.87. The van der Waals surface area contributed by atoms with Crippen molar-refractivity contribution in [3.63, 3.8) is 0 Å². The summed E-state index contributed by atoms with van der Waals surface area (Å²) in [6.07, 6.45) is -0.314. The van der Waals surface area contributed by atoms with Crippen molar-refractivity contribution in [2.45, 2.75) is 39.9 Å². The van der Waals surface area contributed by atoms with E-state index in [0.29, 0.717) is 22.8 Å². The molecule has 2 aromatic carbocycles. The number of benzene rings is 2. The van der Waals surface area contributed by atoms with Gasteiger partial charge in [0.25, 0.3) is 0 Å². The van der Waals surface area contributed by atoms with Crippen LogP contribution in [0.4, 0.5) is 0 Å². The van der Waals surface area contributed by atoms with Crippen LogP contribution in [0.25, 0.3) is 32.4 Å². The molecule has 32 heavy (non-hydrogen) atoms. The molecule has 0 radical (unpaired) electrons. The Hall–Kier alpha value is -3.19. The second kappa shape index (κ2) is 8.74. The number of ether oxygens (including phenoxy) is 4. The smallest absolute Gasteiger partial charge is 0.239 e. The second-order valence-electron chi connectivity index (χ2n) is 7.88. The number of methoxy groups -OCH3 is 2. The van der Waals surface area contributed by atoms with Gasteiger partial charge in [-0.25, -0.2) is 0 Å². The number of hydrogen-bond donors (Lipinski definition) is 0. The minimum atomic E-state index is -0.330. The molecule has 0 aliphatic heterocycles. The fraction of sp³-hybridized carbons (Fsp3) is 0.320. The SMILES string of the molecule is COc1c(OC(C)C)cc2oc(-c3csc4ccccc34)c(OC)c(=O)c2c1OC(C)C. The summed E-state index contributed by atoms with van der Waals surface area (Å²) in [6, 6.07) is 9.65. The van der Waals surface area contributed by atoms with Crippen molar-refractivity contribution in [2.24, 2.45) is 0 Å². The molecule has 0 saturated heterocycles. The average molecular weight is 455 g/mol. The second-order valence-corrected chi connectivity index (χ2v) is 8.79. The van der Waals surface area contributed by atoms with E-state index in [1.807, 2.05) is 57.3 Å². The van der Waals surface area contributed by atoms with E-state index in [4.69, 9.17) is 23.4 Å². The quantitative estimate of drug-likeness (QED) is 0.328. The standard InChI is InChI=1S/C25H26O6S/c1-13(2)29-18-11-17-20(24(23(18)27-5)30-14(3)4)21(26)25(28-6)22(31-17)16-12-32-19-10-8-7-9-15(16)19/h7-14H,1-6H3. The summed E-state index contributed by atoms with van der Waals surface area (Å²) in [6.45, 7) is 7.59. The lowest BCUT2D eigenvalue weighted by atomic mass is 10.1. The third kappa shape index (κ3) is 3.77. The molecule has 2 heterocycles. The fourth-order valence-electron chi connectivity index (χ4n) is 3.66. The van der Waals surface area contributed by atoms with E-state index in [9.17, 15) is 4.79 Å². The van der Waals surface area contributed by atoms with Crippen LogP contribution in [-0.2, 0) is 0 Å². The Morgan fingerprint density at radius 3 is 2.25 bits per heavy atom. The van der Waals surface area contributed by atoms with Crippen LogP contribution in [0.5, 0.6) is 23.0 Å². The Labute approximate surface area is 190 Å². The first-order chi connectivity index (χ1) is 15.3. The van der Waals surface area contributed by atoms with Gasteiger partial charge in [0.05, 0.1) is 26.4 Å². The van der Waals surface area contributed by atoms with E-state index in [0.717, 1.165) is 15.6 Å². The van der Waals surface area contributed by atoms with Gasteiger partial charge in [0, 0.05) is 27.1 Å². The van der Waals surface area contributed by atoms with Crippen LogP contribution in [0, 0.1) is 0 Å². The number of thiophene rings is 1. The van der Waals surface area contributed by atoms with E-state index in [2.05, 4.69) is 0 Å². The van der Waals surface area contributed by atoms with Gasteiger partial charge in [-0.05, 0) is 33.8 Å². The van der Waals surface area contributed by atoms with Gasteiger partial charge in [0.1, 0.15) is 11.0 Å². The Kier molecular flexibility index (Phi) is 6.02. The van der Waals surface area contributed by atoms with Crippen LogP contribution >= 0.6 is 11.3 Å². The molecule has 2 aromatic heterocycles. The fourth-order valence-corrected chi connectivity index (χ4v) is 4.60. The molecule has 0 amide bonds. The molecule has 0 unspecified atom stereocenters. The molecule has 168 valence electrons. The molecule has 7 heteroatoms. The molecule has 6 nitrogen and oxygen atoms in total. The van der Waals surface area contributed by atoms with Gasteiger partial charge in [-0.15, -0.1) is 11.3 Å². The summed E-state index contributed by atoms with van der Waals surface area (Å²) < 4.78 is 30.6. The molecule has 0 atom stereocenters. The summed E-state index contributed by atoms with van der Waals surface area (Å²) in [7, 11) is 2.98. The predicted molar refractivity (Wildman–Crippen MR) is 128 cm³/mol. The minimum Gasteiger partial charge on any atom is -0.490 e. The molecule has 0 N–H and O–H groups in total. The zero-order chi connectivity index (χ0) is 23.0. The lowest BCUT2D eigenvalue weighted by Gasteiger charge is -2.20. The van der Waals surface area contributed by atoms with Crippen molar-refractivity contribution in [1.82, 2.24) is 0 Å². The largest absolute Gasteiger partial charge is 0.490 e. The predicted octanol–water partition coefficient (Wildman–Crippen LogP) is 6.27. The maximum absolute atomic E-state index is 13.7. The molecular formula is C25H26O6S. The molecular weight excluding hydrogens is 428 g/mol. The third-order valence-corrected chi connectivity index (χ3v) is 5.83. The van der Waals surface area contributed by atoms with Crippen LogP contribution in [0.15, 0.2) is 44.9 Å². The van der Waals surface area contributed by atoms with Gasteiger partial charge in [-0.3, -0.25) is 4.79 Å². The Balaban J connectivity index is 2.10. The maximum Gasteiger partial charge on any atom is 0.239 e. The highest BCUT2D eigenvalue weighted by Gasteiger charge is 2.27. The van der Waals surface area contributed by atoms with E-state index in [-0.39, 0.29) is 34.5 Å². The van der Waals surface area contributed by atoms with Gasteiger partial charge < -0.3 is 23.4 Å². The van der Waals surface area contributed by atoms with Crippen molar-refractivity contribution in [1.29, 1.82) is 0 Å². The van der Waals surface area contributed by atoms with Crippen molar-refractivity contribution in [3.8, 4) is 34.3 Å². The van der Waals surface area contributed by atoms with Crippen LogP contribution in [0.3, 0.4) is 0 Å². The number of hydrogen-bond acceptors (Lipinski definition) is 7. The van der Waals surface area contributed by atoms with Crippen molar-refractivity contribution in [3.05, 3.63) is 45.9 Å². The zero-order valence-electron chi connectivity index (χ0n) is 19.0. The van der Waals surface area contributed by atoms with Gasteiger partial charge in [-0.1, -0.05) is 18.2 Å².